The van der Waals surface area contributed by atoms with Crippen molar-refractivity contribution in [2.75, 3.05) is 13.2 Å². The molecule has 72 valence electrons. The minimum absolute atomic E-state index is 0.181. The summed E-state index contributed by atoms with van der Waals surface area (Å²) in [7, 11) is 0. The molecule has 2 atom stereocenters. The van der Waals surface area contributed by atoms with Crippen molar-refractivity contribution in [3.63, 3.8) is 0 Å². The van der Waals surface area contributed by atoms with Crippen molar-refractivity contribution in [1.82, 2.24) is 20.5 Å². The van der Waals surface area contributed by atoms with E-state index in [-0.39, 0.29) is 6.04 Å². The Labute approximate surface area is 75.5 Å². The number of aromatic nitrogens is 3. The topological polar surface area (TPSA) is 72.2 Å². The lowest BCUT2D eigenvalue weighted by atomic mass is 10.3. The summed E-state index contributed by atoms with van der Waals surface area (Å²) in [5, 5.41) is 17.0. The Bertz CT molecular complexity index is 280. The molecule has 2 heterocycles. The van der Waals surface area contributed by atoms with Gasteiger partial charge in [0.25, 0.3) is 0 Å². The van der Waals surface area contributed by atoms with Crippen LogP contribution in [0.4, 0.5) is 0 Å². The molecular weight excluding hydrogens is 172 g/mol. The lowest BCUT2D eigenvalue weighted by Gasteiger charge is -2.04. The van der Waals surface area contributed by atoms with Gasteiger partial charge in [0.05, 0.1) is 24.9 Å². The van der Waals surface area contributed by atoms with E-state index in [0.717, 1.165) is 6.54 Å². The molecule has 0 aliphatic carbocycles. The molecule has 6 nitrogen and oxygen atoms in total. The quantitative estimate of drug-likeness (QED) is 0.642. The van der Waals surface area contributed by atoms with Gasteiger partial charge >= 0.3 is 0 Å². The first-order valence-electron chi connectivity index (χ1n) is 4.22. The molecule has 2 N–H and O–H groups in total. The first-order chi connectivity index (χ1) is 6.27. The highest BCUT2D eigenvalue weighted by molar-refractivity contribution is 4.96. The van der Waals surface area contributed by atoms with Gasteiger partial charge in [-0.05, 0) is 6.92 Å². The molecule has 1 aromatic heterocycles. The van der Waals surface area contributed by atoms with Gasteiger partial charge in [0, 0.05) is 6.54 Å². The highest BCUT2D eigenvalue weighted by Crippen LogP contribution is 2.12. The molecule has 13 heavy (non-hydrogen) atoms. The molecule has 0 saturated carbocycles. The number of rotatable bonds is 2. The van der Waals surface area contributed by atoms with Crippen LogP contribution in [0.5, 0.6) is 0 Å². The molecule has 1 fully saturated rings. The van der Waals surface area contributed by atoms with Crippen LogP contribution < -0.4 is 5.48 Å². The van der Waals surface area contributed by atoms with Crippen LogP contribution in [0.25, 0.3) is 0 Å². The van der Waals surface area contributed by atoms with E-state index in [0.29, 0.717) is 12.3 Å². The Balaban J connectivity index is 2.12. The van der Waals surface area contributed by atoms with E-state index in [1.54, 1.807) is 17.8 Å². The van der Waals surface area contributed by atoms with Gasteiger partial charge in [0.2, 0.25) is 0 Å². The summed E-state index contributed by atoms with van der Waals surface area (Å²) in [6, 6.07) is 0.181. The fourth-order valence-corrected chi connectivity index (χ4v) is 1.20. The van der Waals surface area contributed by atoms with Crippen LogP contribution in [-0.2, 0) is 4.84 Å². The highest BCUT2D eigenvalue weighted by Gasteiger charge is 2.19. The van der Waals surface area contributed by atoms with E-state index in [1.807, 2.05) is 0 Å². The Hall–Kier alpha value is -0.980. The zero-order valence-electron chi connectivity index (χ0n) is 7.34. The van der Waals surface area contributed by atoms with Crippen LogP contribution in [-0.4, -0.2) is 33.3 Å². The Morgan fingerprint density at radius 1 is 1.85 bits per heavy atom. The highest BCUT2D eigenvalue weighted by atomic mass is 16.7. The minimum Gasteiger partial charge on any atom is -0.387 e. The molecule has 2 rings (SSSR count). The second-order valence-electron chi connectivity index (χ2n) is 3.11. The molecule has 1 aromatic rings. The van der Waals surface area contributed by atoms with Gasteiger partial charge in [0.1, 0.15) is 5.69 Å². The summed E-state index contributed by atoms with van der Waals surface area (Å²) in [6.07, 6.45) is 1.18. The third-order valence-electron chi connectivity index (χ3n) is 2.03. The van der Waals surface area contributed by atoms with E-state index >= 15 is 0 Å². The smallest absolute Gasteiger partial charge is 0.111 e. The maximum Gasteiger partial charge on any atom is 0.111 e. The maximum atomic E-state index is 9.22. The zero-order valence-corrected chi connectivity index (χ0v) is 7.34. The van der Waals surface area contributed by atoms with E-state index in [2.05, 4.69) is 15.8 Å². The second-order valence-corrected chi connectivity index (χ2v) is 3.11. The Morgan fingerprint density at radius 3 is 3.23 bits per heavy atom. The van der Waals surface area contributed by atoms with Crippen molar-refractivity contribution in [2.24, 2.45) is 0 Å². The van der Waals surface area contributed by atoms with Gasteiger partial charge < -0.3 is 5.11 Å². The van der Waals surface area contributed by atoms with Crippen LogP contribution >= 0.6 is 0 Å². The number of nitrogens with zero attached hydrogens (tertiary/aromatic N) is 3. The molecule has 1 saturated heterocycles. The van der Waals surface area contributed by atoms with Crippen LogP contribution in [0.3, 0.4) is 0 Å². The summed E-state index contributed by atoms with van der Waals surface area (Å²) in [5.41, 5.74) is 3.35. The van der Waals surface area contributed by atoms with Crippen molar-refractivity contribution < 1.29 is 9.94 Å². The largest absolute Gasteiger partial charge is 0.387 e. The number of aliphatic hydroxyl groups is 1. The summed E-state index contributed by atoms with van der Waals surface area (Å²) >= 11 is 0. The van der Waals surface area contributed by atoms with Crippen molar-refractivity contribution in [1.29, 1.82) is 0 Å². The van der Waals surface area contributed by atoms with Gasteiger partial charge in [-0.3, -0.25) is 4.84 Å². The number of hydroxylamine groups is 1. The normalized spacial score (nSPS) is 24.9. The van der Waals surface area contributed by atoms with Gasteiger partial charge in [-0.15, -0.1) is 5.10 Å². The second kappa shape index (κ2) is 3.41. The van der Waals surface area contributed by atoms with Crippen molar-refractivity contribution in [3.8, 4) is 0 Å². The lowest BCUT2D eigenvalue weighted by Crippen LogP contribution is -2.14. The first kappa shape index (κ1) is 8.61. The molecule has 0 aromatic carbocycles. The van der Waals surface area contributed by atoms with Gasteiger partial charge in [-0.1, -0.05) is 5.21 Å². The standard InChI is InChI=1S/C7H12N4O2/c1-5(12)7-3-11(10-9-7)6-2-8-13-4-6/h3,5-6,8,12H,2,4H2,1H3/t5?,6-/m1/s1. The van der Waals surface area contributed by atoms with Gasteiger partial charge in [-0.2, -0.15) is 0 Å². The zero-order chi connectivity index (χ0) is 9.26. The Morgan fingerprint density at radius 2 is 2.69 bits per heavy atom. The van der Waals surface area contributed by atoms with Crippen LogP contribution in [0.15, 0.2) is 6.20 Å². The van der Waals surface area contributed by atoms with E-state index in [4.69, 9.17) is 4.84 Å². The average molecular weight is 184 g/mol. The fraction of sp³-hybridized carbons (Fsp3) is 0.714. The molecule has 0 radical (unpaired) electrons. The molecule has 1 aliphatic rings. The lowest BCUT2D eigenvalue weighted by molar-refractivity contribution is 0.0968. The van der Waals surface area contributed by atoms with Gasteiger partial charge in [0.15, 0.2) is 0 Å². The molecule has 0 amide bonds. The van der Waals surface area contributed by atoms with Crippen molar-refractivity contribution in [3.05, 3.63) is 11.9 Å². The van der Waals surface area contributed by atoms with Gasteiger partial charge in [-0.25, -0.2) is 10.2 Å². The van der Waals surface area contributed by atoms with E-state index < -0.39 is 6.10 Å². The molecule has 1 unspecified atom stereocenters. The predicted octanol–water partition coefficient (Wildman–Crippen LogP) is -0.593. The first-order valence-corrected chi connectivity index (χ1v) is 4.22. The summed E-state index contributed by atoms with van der Waals surface area (Å²) in [6.45, 7) is 2.98. The number of nitrogens with one attached hydrogen (secondary N) is 1. The summed E-state index contributed by atoms with van der Waals surface area (Å²) in [5.74, 6) is 0. The van der Waals surface area contributed by atoms with Crippen molar-refractivity contribution in [2.45, 2.75) is 19.1 Å². The molecule has 1 aliphatic heterocycles. The monoisotopic (exact) mass is 184 g/mol. The van der Waals surface area contributed by atoms with Crippen LogP contribution in [0.1, 0.15) is 24.8 Å². The maximum absolute atomic E-state index is 9.22. The van der Waals surface area contributed by atoms with E-state index in [9.17, 15) is 5.11 Å². The summed E-state index contributed by atoms with van der Waals surface area (Å²) < 4.78 is 1.71. The molecule has 6 heteroatoms. The number of hydrogen-bond donors (Lipinski definition) is 2. The third-order valence-corrected chi connectivity index (χ3v) is 2.03. The Kier molecular flexibility index (Phi) is 2.26. The molecule has 0 bridgehead atoms. The summed E-state index contributed by atoms with van der Waals surface area (Å²) in [4.78, 5) is 4.98. The fourth-order valence-electron chi connectivity index (χ4n) is 1.20. The predicted molar refractivity (Wildman–Crippen MR) is 43.6 cm³/mol. The minimum atomic E-state index is -0.566. The van der Waals surface area contributed by atoms with E-state index in [1.165, 1.54) is 0 Å². The van der Waals surface area contributed by atoms with Crippen molar-refractivity contribution >= 4 is 0 Å². The average Bonchev–Trinajstić information content (AvgIpc) is 2.75. The van der Waals surface area contributed by atoms with Crippen LogP contribution in [0, 0.1) is 0 Å². The SMILES string of the molecule is CC(O)c1cn([C@@H]2CNOC2)nn1. The number of hydrogen-bond acceptors (Lipinski definition) is 5. The van der Waals surface area contributed by atoms with Crippen LogP contribution in [0.2, 0.25) is 0 Å². The molecule has 0 spiro atoms. The molecular formula is C7H12N4O2. The number of aliphatic hydroxyl groups excluding tert-OH is 1. The third kappa shape index (κ3) is 1.69.